The molecule has 7 rings (SSSR count). The van der Waals surface area contributed by atoms with Gasteiger partial charge in [-0.15, -0.1) is 0 Å². The predicted molar refractivity (Wildman–Crippen MR) is 80.2 cm³/mol. The molecule has 0 N–H and O–H groups in total. The minimum absolute atomic E-state index is 0.545. The second-order valence-corrected chi connectivity index (χ2v) is 9.73. The van der Waals surface area contributed by atoms with Crippen LogP contribution in [0.4, 0.5) is 0 Å². The van der Waals surface area contributed by atoms with Gasteiger partial charge in [0.25, 0.3) is 0 Å². The van der Waals surface area contributed by atoms with E-state index >= 15 is 0 Å². The van der Waals surface area contributed by atoms with Gasteiger partial charge in [0.15, 0.2) is 0 Å². The molecule has 6 saturated carbocycles. The number of hydrogen-bond acceptors (Lipinski definition) is 3. The van der Waals surface area contributed by atoms with E-state index in [2.05, 4.69) is 12.1 Å². The minimum atomic E-state index is 0.545. The maximum absolute atomic E-state index is 9.32. The quantitative estimate of drug-likeness (QED) is 0.737. The molecule has 3 nitrogen and oxygen atoms in total. The Kier molecular flexibility index (Phi) is 1.94. The van der Waals surface area contributed by atoms with Crippen LogP contribution in [0.25, 0.3) is 0 Å². The molecule has 118 valence electrons. The van der Waals surface area contributed by atoms with E-state index in [1.54, 1.807) is 0 Å². The van der Waals surface area contributed by atoms with Gasteiger partial charge in [-0.05, 0) is 83.9 Å². The van der Waals surface area contributed by atoms with Crippen LogP contribution in [0.2, 0.25) is 0 Å². The number of nitrogens with zero attached hydrogens (tertiary/aromatic N) is 2. The Bertz CT molecular complexity index is 635. The summed E-state index contributed by atoms with van der Waals surface area (Å²) in [6.45, 7) is 0. The van der Waals surface area contributed by atoms with E-state index in [4.69, 9.17) is 4.74 Å². The van der Waals surface area contributed by atoms with E-state index < -0.39 is 0 Å². The van der Waals surface area contributed by atoms with E-state index in [0.29, 0.717) is 24.0 Å². The van der Waals surface area contributed by atoms with Gasteiger partial charge in [0.2, 0.25) is 0 Å². The Morgan fingerprint density at radius 2 is 1.13 bits per heavy atom. The number of fused-ring (bicyclic) bond motifs is 6. The highest BCUT2D eigenvalue weighted by Gasteiger charge is 2.83. The molecule has 0 bridgehead atoms. The van der Waals surface area contributed by atoms with Crippen molar-refractivity contribution in [2.75, 3.05) is 0 Å². The Balaban J connectivity index is 1.39. The third kappa shape index (κ3) is 1.09. The van der Waals surface area contributed by atoms with Crippen LogP contribution in [0.15, 0.2) is 0 Å². The van der Waals surface area contributed by atoms with Crippen molar-refractivity contribution in [3.05, 3.63) is 0 Å². The van der Waals surface area contributed by atoms with Crippen LogP contribution in [0.3, 0.4) is 0 Å². The number of ether oxygens (including phenoxy) is 1. The van der Waals surface area contributed by atoms with Crippen LogP contribution in [-0.2, 0) is 4.74 Å². The molecule has 0 spiro atoms. The van der Waals surface area contributed by atoms with E-state index in [1.807, 2.05) is 0 Å². The highest BCUT2D eigenvalue weighted by Crippen LogP contribution is 2.84. The maximum atomic E-state index is 9.32. The molecule has 3 heteroatoms. The second kappa shape index (κ2) is 3.62. The fourth-order valence-corrected chi connectivity index (χ4v) is 10.0. The van der Waals surface area contributed by atoms with Crippen molar-refractivity contribution in [1.29, 1.82) is 10.5 Å². The SMILES string of the molecule is N#CC[C@H]1C[C@H]2[C@H]3C[C@@H](CC#N)[C@@H]4[C@H]3C3C5[C@H]([C@@H]6O[C@H]6[C@H]54)[C@H]1[C@H]32. The van der Waals surface area contributed by atoms with Gasteiger partial charge in [-0.1, -0.05) is 0 Å². The molecule has 23 heavy (non-hydrogen) atoms. The molecule has 7 aliphatic rings. The third-order valence-corrected chi connectivity index (χ3v) is 9.80. The predicted octanol–water partition coefficient (Wildman–Crippen LogP) is 2.84. The lowest BCUT2D eigenvalue weighted by Crippen LogP contribution is -2.27. The van der Waals surface area contributed by atoms with Gasteiger partial charge < -0.3 is 4.74 Å². The lowest BCUT2D eigenvalue weighted by atomic mass is 9.77. The Labute approximate surface area is 137 Å². The zero-order chi connectivity index (χ0) is 15.0. The van der Waals surface area contributed by atoms with Gasteiger partial charge in [-0.2, -0.15) is 10.5 Å². The standard InChI is InChI=1S/C20H22N2O/c21-3-1-7-5-9-10-6-8(2-4-22)12-14(10)15-13(9)11(7)17-16(15)18(12)20-19(17)23-20/h7-20H,1-2,5-6H2/t7-,8+,9-,10+,11-,12-,13+,14-,15?,16?,17+,18-,19+,20+/m1/s1. The maximum Gasteiger partial charge on any atom is 0.0878 e. The summed E-state index contributed by atoms with van der Waals surface area (Å²) in [5.74, 6) is 10.0. The summed E-state index contributed by atoms with van der Waals surface area (Å²) in [4.78, 5) is 0. The average Bonchev–Trinajstić information content (AvgIpc) is 2.95. The van der Waals surface area contributed by atoms with Crippen LogP contribution >= 0.6 is 0 Å². The first-order valence-electron chi connectivity index (χ1n) is 9.74. The molecule has 0 radical (unpaired) electrons. The van der Waals surface area contributed by atoms with Crippen LogP contribution in [0.1, 0.15) is 25.7 Å². The summed E-state index contributed by atoms with van der Waals surface area (Å²) in [5, 5.41) is 18.6. The molecule has 0 aromatic carbocycles. The second-order valence-electron chi connectivity index (χ2n) is 9.73. The molecule has 0 aromatic heterocycles. The average molecular weight is 306 g/mol. The highest BCUT2D eigenvalue weighted by atomic mass is 16.6. The number of rotatable bonds is 2. The molecule has 7 fully saturated rings. The molecule has 1 aliphatic heterocycles. The van der Waals surface area contributed by atoms with Crippen molar-refractivity contribution < 1.29 is 4.74 Å². The summed E-state index contributed by atoms with van der Waals surface area (Å²) in [6.07, 6.45) is 5.28. The Morgan fingerprint density at radius 1 is 0.652 bits per heavy atom. The van der Waals surface area contributed by atoms with E-state index in [1.165, 1.54) is 12.8 Å². The lowest BCUT2D eigenvalue weighted by Gasteiger charge is -2.29. The van der Waals surface area contributed by atoms with Crippen LogP contribution in [0.5, 0.6) is 0 Å². The van der Waals surface area contributed by atoms with Gasteiger partial charge in [-0.3, -0.25) is 0 Å². The summed E-state index contributed by atoms with van der Waals surface area (Å²) >= 11 is 0. The fourth-order valence-electron chi connectivity index (χ4n) is 10.0. The molecule has 0 aromatic rings. The number of nitriles is 2. The smallest absolute Gasteiger partial charge is 0.0878 e. The van der Waals surface area contributed by atoms with Crippen molar-refractivity contribution in [3.8, 4) is 12.1 Å². The lowest BCUT2D eigenvalue weighted by molar-refractivity contribution is 0.104. The van der Waals surface area contributed by atoms with Crippen molar-refractivity contribution in [3.63, 3.8) is 0 Å². The Morgan fingerprint density at radius 3 is 1.61 bits per heavy atom. The molecular weight excluding hydrogens is 284 g/mol. The molecule has 1 heterocycles. The highest BCUT2D eigenvalue weighted by molar-refractivity contribution is 5.30. The first-order chi connectivity index (χ1) is 11.3. The first-order valence-corrected chi connectivity index (χ1v) is 9.74. The molecule has 2 unspecified atom stereocenters. The normalized spacial score (nSPS) is 70.3. The molecule has 0 amide bonds. The van der Waals surface area contributed by atoms with Gasteiger partial charge in [0, 0.05) is 12.8 Å². The molecular formula is C20H22N2O. The molecule has 14 atom stereocenters. The number of hydrogen-bond donors (Lipinski definition) is 0. The third-order valence-electron chi connectivity index (χ3n) is 9.80. The minimum Gasteiger partial charge on any atom is -0.369 e. The first kappa shape index (κ1) is 12.3. The zero-order valence-electron chi connectivity index (χ0n) is 13.2. The van der Waals surface area contributed by atoms with Crippen molar-refractivity contribution in [2.24, 2.45) is 71.0 Å². The van der Waals surface area contributed by atoms with Crippen molar-refractivity contribution in [2.45, 2.75) is 37.9 Å². The van der Waals surface area contributed by atoms with Crippen LogP contribution in [0, 0.1) is 93.7 Å². The summed E-state index contributed by atoms with van der Waals surface area (Å²) in [7, 11) is 0. The molecule has 1 saturated heterocycles. The monoisotopic (exact) mass is 306 g/mol. The van der Waals surface area contributed by atoms with Gasteiger partial charge in [-0.25, -0.2) is 0 Å². The molecule has 6 aliphatic carbocycles. The van der Waals surface area contributed by atoms with Crippen LogP contribution < -0.4 is 0 Å². The topological polar surface area (TPSA) is 60.1 Å². The zero-order valence-corrected chi connectivity index (χ0v) is 13.2. The van der Waals surface area contributed by atoms with Crippen molar-refractivity contribution >= 4 is 0 Å². The van der Waals surface area contributed by atoms with E-state index in [9.17, 15) is 10.5 Å². The van der Waals surface area contributed by atoms with Gasteiger partial charge in [0.1, 0.15) is 0 Å². The van der Waals surface area contributed by atoms with Gasteiger partial charge >= 0.3 is 0 Å². The van der Waals surface area contributed by atoms with E-state index in [-0.39, 0.29) is 0 Å². The summed E-state index contributed by atoms with van der Waals surface area (Å²) in [6, 6.07) is 5.00. The summed E-state index contributed by atoms with van der Waals surface area (Å²) < 4.78 is 6.21. The Hall–Kier alpha value is -1.06. The van der Waals surface area contributed by atoms with Crippen molar-refractivity contribution in [1.82, 2.24) is 0 Å². The largest absolute Gasteiger partial charge is 0.369 e. The van der Waals surface area contributed by atoms with E-state index in [0.717, 1.165) is 72.0 Å². The fraction of sp³-hybridized carbons (Fsp3) is 0.900. The number of epoxide rings is 1. The van der Waals surface area contributed by atoms with Crippen LogP contribution in [-0.4, -0.2) is 12.2 Å². The van der Waals surface area contributed by atoms with Gasteiger partial charge in [0.05, 0.1) is 24.3 Å². The summed E-state index contributed by atoms with van der Waals surface area (Å²) in [5.41, 5.74) is 0.